The van der Waals surface area contributed by atoms with Gasteiger partial charge in [0, 0.05) is 44.0 Å². The molecule has 1 saturated heterocycles. The Balaban J connectivity index is 1.63. The number of rotatable bonds is 3. The van der Waals surface area contributed by atoms with Crippen LogP contribution >= 0.6 is 34.5 Å². The molecule has 1 aliphatic heterocycles. The normalized spacial score (nSPS) is 14.8. The molecule has 1 amide bonds. The SMILES string of the molecule is O=C(c1cc(Cl)c(Cl)s1)N1CCN(c2ccc([N+](=O)[O-])cc2)CC1. The average molecular weight is 386 g/mol. The molecule has 1 aliphatic rings. The first-order valence-electron chi connectivity index (χ1n) is 7.19. The highest BCUT2D eigenvalue weighted by molar-refractivity contribution is 7.18. The van der Waals surface area contributed by atoms with Gasteiger partial charge in [-0.15, -0.1) is 11.3 Å². The van der Waals surface area contributed by atoms with Gasteiger partial charge in [-0.2, -0.15) is 0 Å². The highest BCUT2D eigenvalue weighted by Gasteiger charge is 2.24. The van der Waals surface area contributed by atoms with E-state index in [1.807, 2.05) is 0 Å². The Hall–Kier alpha value is -1.83. The lowest BCUT2D eigenvalue weighted by Gasteiger charge is -2.35. The number of anilines is 1. The summed E-state index contributed by atoms with van der Waals surface area (Å²) in [5.74, 6) is -0.0721. The molecule has 0 atom stereocenters. The number of thiophene rings is 1. The summed E-state index contributed by atoms with van der Waals surface area (Å²) in [6.45, 7) is 2.47. The molecule has 1 fully saturated rings. The Bertz CT molecular complexity index is 751. The molecular formula is C15H13Cl2N3O3S. The molecule has 9 heteroatoms. The summed E-state index contributed by atoms with van der Waals surface area (Å²) in [6, 6.07) is 8.04. The molecule has 6 nitrogen and oxygen atoms in total. The summed E-state index contributed by atoms with van der Waals surface area (Å²) in [4.78, 5) is 27.1. The van der Waals surface area contributed by atoms with Crippen molar-refractivity contribution in [1.82, 2.24) is 4.90 Å². The minimum absolute atomic E-state index is 0.0685. The van der Waals surface area contributed by atoms with Crippen molar-refractivity contribution < 1.29 is 9.72 Å². The molecule has 126 valence electrons. The molecule has 0 spiro atoms. The summed E-state index contributed by atoms with van der Waals surface area (Å²) < 4.78 is 0.421. The van der Waals surface area contributed by atoms with Crippen molar-refractivity contribution in [2.45, 2.75) is 0 Å². The number of halogens is 2. The number of nitrogens with zero attached hydrogens (tertiary/aromatic N) is 3. The van der Waals surface area contributed by atoms with E-state index < -0.39 is 4.92 Å². The van der Waals surface area contributed by atoms with Crippen molar-refractivity contribution in [3.63, 3.8) is 0 Å². The van der Waals surface area contributed by atoms with Gasteiger partial charge in [-0.25, -0.2) is 0 Å². The van der Waals surface area contributed by atoms with Gasteiger partial charge >= 0.3 is 0 Å². The van der Waals surface area contributed by atoms with Crippen LogP contribution in [0.2, 0.25) is 9.36 Å². The third-order valence-electron chi connectivity index (χ3n) is 3.85. The van der Waals surface area contributed by atoms with Crippen LogP contribution in [0.25, 0.3) is 0 Å². The summed E-state index contributed by atoms with van der Waals surface area (Å²) in [6.07, 6.45) is 0. The fourth-order valence-corrected chi connectivity index (χ4v) is 3.90. The largest absolute Gasteiger partial charge is 0.368 e. The van der Waals surface area contributed by atoms with Gasteiger partial charge in [-0.3, -0.25) is 14.9 Å². The molecule has 1 aromatic heterocycles. The summed E-state index contributed by atoms with van der Waals surface area (Å²) >= 11 is 13.0. The van der Waals surface area contributed by atoms with E-state index in [-0.39, 0.29) is 11.6 Å². The van der Waals surface area contributed by atoms with Crippen molar-refractivity contribution in [1.29, 1.82) is 0 Å². The van der Waals surface area contributed by atoms with E-state index in [4.69, 9.17) is 23.2 Å². The van der Waals surface area contributed by atoms with Gasteiger partial charge in [0.1, 0.15) is 4.34 Å². The molecule has 1 aromatic carbocycles. The number of hydrogen-bond acceptors (Lipinski definition) is 5. The van der Waals surface area contributed by atoms with Gasteiger partial charge in [0.2, 0.25) is 0 Å². The van der Waals surface area contributed by atoms with E-state index in [9.17, 15) is 14.9 Å². The maximum absolute atomic E-state index is 12.5. The molecule has 2 heterocycles. The van der Waals surface area contributed by atoms with Gasteiger partial charge in [0.15, 0.2) is 0 Å². The first-order chi connectivity index (χ1) is 11.5. The van der Waals surface area contributed by atoms with E-state index in [0.29, 0.717) is 40.4 Å². The number of carbonyl (C=O) groups excluding carboxylic acids is 1. The van der Waals surface area contributed by atoms with Crippen LogP contribution in [0.4, 0.5) is 11.4 Å². The standard InChI is InChI=1S/C15H13Cl2N3O3S/c16-12-9-13(24-14(12)17)15(21)19-7-5-18(6-8-19)10-1-3-11(4-2-10)20(22)23/h1-4,9H,5-8H2. The van der Waals surface area contributed by atoms with Crippen LogP contribution in [0, 0.1) is 10.1 Å². The number of piperazine rings is 1. The smallest absolute Gasteiger partial charge is 0.269 e. The van der Waals surface area contributed by atoms with Crippen LogP contribution in [0.5, 0.6) is 0 Å². The van der Waals surface area contributed by atoms with E-state index in [1.54, 1.807) is 23.1 Å². The van der Waals surface area contributed by atoms with Gasteiger partial charge in [-0.1, -0.05) is 23.2 Å². The lowest BCUT2D eigenvalue weighted by Crippen LogP contribution is -2.48. The van der Waals surface area contributed by atoms with Crippen molar-refractivity contribution in [2.75, 3.05) is 31.1 Å². The average Bonchev–Trinajstić information content (AvgIpc) is 2.93. The Morgan fingerprint density at radius 2 is 1.75 bits per heavy atom. The predicted octanol–water partition coefficient (Wildman–Crippen LogP) is 3.93. The molecule has 0 bridgehead atoms. The first-order valence-corrected chi connectivity index (χ1v) is 8.76. The highest BCUT2D eigenvalue weighted by atomic mass is 35.5. The second kappa shape index (κ2) is 6.96. The summed E-state index contributed by atoms with van der Waals surface area (Å²) in [5, 5.41) is 11.1. The minimum Gasteiger partial charge on any atom is -0.368 e. The number of nitro groups is 1. The Morgan fingerprint density at radius 1 is 1.12 bits per heavy atom. The maximum Gasteiger partial charge on any atom is 0.269 e. The van der Waals surface area contributed by atoms with Gasteiger partial charge in [0.25, 0.3) is 11.6 Å². The zero-order valence-corrected chi connectivity index (χ0v) is 14.8. The third-order valence-corrected chi connectivity index (χ3v) is 5.70. The molecule has 2 aromatic rings. The number of nitro benzene ring substituents is 1. The van der Waals surface area contributed by atoms with Crippen LogP contribution in [-0.2, 0) is 0 Å². The van der Waals surface area contributed by atoms with Gasteiger partial charge in [0.05, 0.1) is 14.8 Å². The molecular weight excluding hydrogens is 373 g/mol. The molecule has 0 saturated carbocycles. The number of hydrogen-bond donors (Lipinski definition) is 0. The van der Waals surface area contributed by atoms with Crippen LogP contribution in [0.15, 0.2) is 30.3 Å². The molecule has 0 N–H and O–H groups in total. The predicted molar refractivity (Wildman–Crippen MR) is 95.6 cm³/mol. The lowest BCUT2D eigenvalue weighted by molar-refractivity contribution is -0.384. The minimum atomic E-state index is -0.419. The van der Waals surface area contributed by atoms with E-state index >= 15 is 0 Å². The van der Waals surface area contributed by atoms with Gasteiger partial charge < -0.3 is 9.80 Å². The van der Waals surface area contributed by atoms with Crippen molar-refractivity contribution >= 4 is 51.8 Å². The van der Waals surface area contributed by atoms with E-state index in [1.165, 1.54) is 23.5 Å². The summed E-state index contributed by atoms with van der Waals surface area (Å²) in [5.41, 5.74) is 0.980. The Labute approximate surface area is 152 Å². The van der Waals surface area contributed by atoms with Crippen LogP contribution in [-0.4, -0.2) is 41.9 Å². The fourth-order valence-electron chi connectivity index (χ4n) is 2.56. The fraction of sp³-hybridized carbons (Fsp3) is 0.267. The Morgan fingerprint density at radius 3 is 2.25 bits per heavy atom. The zero-order valence-electron chi connectivity index (χ0n) is 12.4. The third kappa shape index (κ3) is 3.48. The molecule has 24 heavy (non-hydrogen) atoms. The van der Waals surface area contributed by atoms with Crippen molar-refractivity contribution in [3.05, 3.63) is 54.7 Å². The number of amides is 1. The highest BCUT2D eigenvalue weighted by Crippen LogP contribution is 2.32. The second-order valence-electron chi connectivity index (χ2n) is 5.29. The van der Waals surface area contributed by atoms with Crippen LogP contribution in [0.3, 0.4) is 0 Å². The topological polar surface area (TPSA) is 66.7 Å². The Kier molecular flexibility index (Phi) is 4.93. The van der Waals surface area contributed by atoms with Crippen molar-refractivity contribution in [3.8, 4) is 0 Å². The number of benzene rings is 1. The zero-order chi connectivity index (χ0) is 17.3. The molecule has 3 rings (SSSR count). The maximum atomic E-state index is 12.5. The van der Waals surface area contributed by atoms with E-state index in [0.717, 1.165) is 5.69 Å². The first kappa shape index (κ1) is 17.0. The second-order valence-corrected chi connectivity index (χ2v) is 7.35. The summed E-state index contributed by atoms with van der Waals surface area (Å²) in [7, 11) is 0. The quantitative estimate of drug-likeness (QED) is 0.592. The molecule has 0 aliphatic carbocycles. The number of non-ortho nitro benzene ring substituents is 1. The van der Waals surface area contributed by atoms with E-state index in [2.05, 4.69) is 4.90 Å². The molecule has 0 unspecified atom stereocenters. The number of carbonyl (C=O) groups is 1. The van der Waals surface area contributed by atoms with Crippen LogP contribution < -0.4 is 4.90 Å². The molecule has 0 radical (unpaired) electrons. The van der Waals surface area contributed by atoms with Crippen molar-refractivity contribution in [2.24, 2.45) is 0 Å². The monoisotopic (exact) mass is 385 g/mol. The lowest BCUT2D eigenvalue weighted by atomic mass is 10.2. The van der Waals surface area contributed by atoms with Crippen LogP contribution in [0.1, 0.15) is 9.67 Å². The van der Waals surface area contributed by atoms with Gasteiger partial charge in [-0.05, 0) is 18.2 Å².